The predicted octanol–water partition coefficient (Wildman–Crippen LogP) is 5.18. The molecule has 3 rings (SSSR count). The van der Waals surface area contributed by atoms with Crippen molar-refractivity contribution in [2.24, 2.45) is 0 Å². The Morgan fingerprint density at radius 2 is 1.48 bits per heavy atom. The topological polar surface area (TPSA) is 29.1 Å². The minimum absolute atomic E-state index is 0.198. The van der Waals surface area contributed by atoms with Crippen molar-refractivity contribution < 1.29 is 4.79 Å². The van der Waals surface area contributed by atoms with Crippen LogP contribution in [0.25, 0.3) is 0 Å². The van der Waals surface area contributed by atoms with Gasteiger partial charge in [-0.25, -0.2) is 0 Å². The summed E-state index contributed by atoms with van der Waals surface area (Å²) in [5, 5.41) is 3.41. The van der Waals surface area contributed by atoms with Crippen molar-refractivity contribution in [3.05, 3.63) is 101 Å². The Kier molecular flexibility index (Phi) is 4.74. The predicted molar refractivity (Wildman–Crippen MR) is 95.1 cm³/mol. The van der Waals surface area contributed by atoms with E-state index < -0.39 is 0 Å². The van der Waals surface area contributed by atoms with E-state index >= 15 is 0 Å². The zero-order valence-electron chi connectivity index (χ0n) is 12.5. The van der Waals surface area contributed by atoms with Gasteiger partial charge in [0.05, 0.1) is 10.6 Å². The molecular weight excluding hydrogens is 306 g/mol. The molecule has 114 valence electrons. The molecule has 3 aromatic carbocycles. The van der Waals surface area contributed by atoms with Crippen molar-refractivity contribution >= 4 is 23.2 Å². The molecule has 0 aliphatic rings. The summed E-state index contributed by atoms with van der Waals surface area (Å²) in [5.41, 5.74) is 3.55. The van der Waals surface area contributed by atoms with E-state index in [4.69, 9.17) is 11.6 Å². The van der Waals surface area contributed by atoms with E-state index in [1.54, 1.807) is 18.2 Å². The first-order valence-corrected chi connectivity index (χ1v) is 7.79. The number of carbonyl (C=O) groups excluding carboxylic acids is 1. The van der Waals surface area contributed by atoms with E-state index in [-0.39, 0.29) is 5.91 Å². The number of para-hydroxylation sites is 1. The Labute approximate surface area is 140 Å². The van der Waals surface area contributed by atoms with Crippen LogP contribution in [0.15, 0.2) is 78.9 Å². The molecule has 0 bridgehead atoms. The summed E-state index contributed by atoms with van der Waals surface area (Å²) < 4.78 is 0. The molecular formula is C20H16ClNO. The number of halogens is 1. The van der Waals surface area contributed by atoms with Crippen molar-refractivity contribution in [1.29, 1.82) is 0 Å². The lowest BCUT2D eigenvalue weighted by atomic mass is 10.0. The van der Waals surface area contributed by atoms with Gasteiger partial charge in [0.15, 0.2) is 0 Å². The maximum Gasteiger partial charge on any atom is 0.257 e. The molecule has 23 heavy (non-hydrogen) atoms. The van der Waals surface area contributed by atoms with Crippen molar-refractivity contribution in [3.63, 3.8) is 0 Å². The number of carbonyl (C=O) groups is 1. The van der Waals surface area contributed by atoms with E-state index in [0.29, 0.717) is 10.6 Å². The molecule has 0 heterocycles. The molecule has 0 unspecified atom stereocenters. The summed E-state index contributed by atoms with van der Waals surface area (Å²) in [6.45, 7) is 0. The average Bonchev–Trinajstić information content (AvgIpc) is 2.58. The van der Waals surface area contributed by atoms with Gasteiger partial charge in [0.1, 0.15) is 0 Å². The van der Waals surface area contributed by atoms with Crippen LogP contribution in [0, 0.1) is 0 Å². The molecule has 0 spiro atoms. The first-order chi connectivity index (χ1) is 11.2. The molecule has 0 fully saturated rings. The highest BCUT2D eigenvalue weighted by Crippen LogP contribution is 2.22. The highest BCUT2D eigenvalue weighted by atomic mass is 35.5. The molecule has 1 N–H and O–H groups in total. The Balaban J connectivity index is 1.84. The zero-order valence-corrected chi connectivity index (χ0v) is 13.3. The van der Waals surface area contributed by atoms with E-state index in [1.165, 1.54) is 5.56 Å². The van der Waals surface area contributed by atoms with Crippen molar-refractivity contribution in [2.45, 2.75) is 6.42 Å². The third kappa shape index (κ3) is 3.79. The van der Waals surface area contributed by atoms with Crippen LogP contribution < -0.4 is 5.32 Å². The molecule has 0 radical (unpaired) electrons. The lowest BCUT2D eigenvalue weighted by molar-refractivity contribution is 0.102. The second kappa shape index (κ2) is 7.12. The van der Waals surface area contributed by atoms with Gasteiger partial charge >= 0.3 is 0 Å². The SMILES string of the molecule is O=C(Nc1ccccc1Cc1ccccc1)c1ccccc1Cl. The number of rotatable bonds is 4. The maximum atomic E-state index is 12.4. The summed E-state index contributed by atoms with van der Waals surface area (Å²) in [5.74, 6) is -0.198. The van der Waals surface area contributed by atoms with Gasteiger partial charge in [0.2, 0.25) is 0 Å². The van der Waals surface area contributed by atoms with Crippen LogP contribution in [0.2, 0.25) is 5.02 Å². The van der Waals surface area contributed by atoms with E-state index in [2.05, 4.69) is 17.4 Å². The Morgan fingerprint density at radius 3 is 2.26 bits per heavy atom. The third-order valence-electron chi connectivity index (χ3n) is 3.62. The summed E-state index contributed by atoms with van der Waals surface area (Å²) in [4.78, 5) is 12.4. The number of hydrogen-bond acceptors (Lipinski definition) is 1. The lowest BCUT2D eigenvalue weighted by Gasteiger charge is -2.12. The van der Waals surface area contributed by atoms with Gasteiger partial charge in [-0.1, -0.05) is 72.3 Å². The second-order valence-corrected chi connectivity index (χ2v) is 5.66. The molecule has 3 aromatic rings. The van der Waals surface area contributed by atoms with Gasteiger partial charge in [0, 0.05) is 5.69 Å². The van der Waals surface area contributed by atoms with Gasteiger partial charge in [-0.2, -0.15) is 0 Å². The Bertz CT molecular complexity index is 815. The molecule has 0 aliphatic heterocycles. The maximum absolute atomic E-state index is 12.4. The molecule has 0 aromatic heterocycles. The summed E-state index contributed by atoms with van der Waals surface area (Å²) >= 11 is 6.09. The van der Waals surface area contributed by atoms with Gasteiger partial charge in [-0.3, -0.25) is 4.79 Å². The number of anilines is 1. The number of nitrogens with one attached hydrogen (secondary N) is 1. The van der Waals surface area contributed by atoms with Crippen molar-refractivity contribution in [1.82, 2.24) is 0 Å². The van der Waals surface area contributed by atoms with Crippen LogP contribution in [0.5, 0.6) is 0 Å². The molecule has 1 amide bonds. The fourth-order valence-electron chi connectivity index (χ4n) is 2.45. The van der Waals surface area contributed by atoms with Gasteiger partial charge in [-0.15, -0.1) is 0 Å². The quantitative estimate of drug-likeness (QED) is 0.704. The van der Waals surface area contributed by atoms with Crippen LogP contribution in [-0.4, -0.2) is 5.91 Å². The fourth-order valence-corrected chi connectivity index (χ4v) is 2.67. The standard InChI is InChI=1S/C20H16ClNO/c21-18-12-6-5-11-17(18)20(23)22-19-13-7-4-10-16(19)14-15-8-2-1-3-9-15/h1-13H,14H2,(H,22,23). The molecule has 0 saturated heterocycles. The van der Waals surface area contributed by atoms with E-state index in [0.717, 1.165) is 17.7 Å². The third-order valence-corrected chi connectivity index (χ3v) is 3.95. The normalized spacial score (nSPS) is 10.3. The molecule has 3 heteroatoms. The molecule has 0 atom stereocenters. The van der Waals surface area contributed by atoms with Crippen LogP contribution in [0.3, 0.4) is 0 Å². The highest BCUT2D eigenvalue weighted by molar-refractivity contribution is 6.34. The molecule has 0 aliphatic carbocycles. The smallest absolute Gasteiger partial charge is 0.257 e. The summed E-state index contributed by atoms with van der Waals surface area (Å²) in [6, 6.07) is 25.0. The largest absolute Gasteiger partial charge is 0.322 e. The number of benzene rings is 3. The monoisotopic (exact) mass is 321 g/mol. The average molecular weight is 322 g/mol. The van der Waals surface area contributed by atoms with Crippen molar-refractivity contribution in [3.8, 4) is 0 Å². The van der Waals surface area contributed by atoms with E-state index in [9.17, 15) is 4.79 Å². The summed E-state index contributed by atoms with van der Waals surface area (Å²) in [7, 11) is 0. The second-order valence-electron chi connectivity index (χ2n) is 5.25. The minimum atomic E-state index is -0.198. The van der Waals surface area contributed by atoms with Crippen LogP contribution in [0.1, 0.15) is 21.5 Å². The van der Waals surface area contributed by atoms with Crippen LogP contribution in [0.4, 0.5) is 5.69 Å². The van der Waals surface area contributed by atoms with Crippen LogP contribution >= 0.6 is 11.6 Å². The first kappa shape index (κ1) is 15.3. The van der Waals surface area contributed by atoms with Crippen molar-refractivity contribution in [2.75, 3.05) is 5.32 Å². The Morgan fingerprint density at radius 1 is 0.826 bits per heavy atom. The number of amides is 1. The molecule has 0 saturated carbocycles. The van der Waals surface area contributed by atoms with Gasteiger partial charge in [-0.05, 0) is 35.7 Å². The summed E-state index contributed by atoms with van der Waals surface area (Å²) in [6.07, 6.45) is 0.764. The minimum Gasteiger partial charge on any atom is -0.322 e. The Hall–Kier alpha value is -2.58. The van der Waals surface area contributed by atoms with Gasteiger partial charge < -0.3 is 5.32 Å². The van der Waals surface area contributed by atoms with E-state index in [1.807, 2.05) is 48.5 Å². The van der Waals surface area contributed by atoms with Gasteiger partial charge in [0.25, 0.3) is 5.91 Å². The zero-order chi connectivity index (χ0) is 16.1. The molecule has 2 nitrogen and oxygen atoms in total. The van der Waals surface area contributed by atoms with Crippen LogP contribution in [-0.2, 0) is 6.42 Å². The number of hydrogen-bond donors (Lipinski definition) is 1. The fraction of sp³-hybridized carbons (Fsp3) is 0.0500. The first-order valence-electron chi connectivity index (χ1n) is 7.42. The lowest BCUT2D eigenvalue weighted by Crippen LogP contribution is -2.13. The highest BCUT2D eigenvalue weighted by Gasteiger charge is 2.11.